The summed E-state index contributed by atoms with van der Waals surface area (Å²) in [5, 5.41) is 0. The Hall–Kier alpha value is 0.127. The third-order valence-corrected chi connectivity index (χ3v) is 5.77. The first-order valence-electron chi connectivity index (χ1n) is 3.56. The van der Waals surface area contributed by atoms with Crippen LogP contribution in [0.3, 0.4) is 0 Å². The molecule has 0 atom stereocenters. The second-order valence-corrected chi connectivity index (χ2v) is 6.67. The number of hydrogen-bond donors (Lipinski definition) is 0. The van der Waals surface area contributed by atoms with Crippen LogP contribution >= 0.6 is 0 Å². The van der Waals surface area contributed by atoms with Gasteiger partial charge >= 0.3 is 0 Å². The molecular weight excluding hydrogens is 180 g/mol. The molecule has 3 nitrogen and oxygen atoms in total. The van der Waals surface area contributed by atoms with E-state index in [-0.39, 0.29) is 16.4 Å². The summed E-state index contributed by atoms with van der Waals surface area (Å²) in [6, 6.07) is 0. The lowest BCUT2D eigenvalue weighted by atomic mass is 10.00. The molecule has 0 aliphatic rings. The first kappa shape index (κ1) is 11.1. The minimum Gasteiger partial charge on any atom is -0.327 e. The topological polar surface area (TPSA) is 43.4 Å². The number of hydrogen-bond acceptors (Lipinski definition) is 3. The van der Waals surface area contributed by atoms with Gasteiger partial charge in [-0.2, -0.15) is 8.42 Å². The van der Waals surface area contributed by atoms with Crippen molar-refractivity contribution in [2.45, 2.75) is 32.4 Å². The van der Waals surface area contributed by atoms with Crippen molar-refractivity contribution in [1.82, 2.24) is 0 Å². The van der Waals surface area contributed by atoms with Crippen molar-refractivity contribution >= 4 is 20.6 Å². The quantitative estimate of drug-likeness (QED) is 0.599. The summed E-state index contributed by atoms with van der Waals surface area (Å²) < 4.78 is 26.4. The summed E-state index contributed by atoms with van der Waals surface area (Å²) in [5.41, 5.74) is 0. The predicted octanol–water partition coefficient (Wildman–Crippen LogP) is 0.0478. The monoisotopic (exact) mass is 196 g/mol. The second-order valence-electron chi connectivity index (χ2n) is 3.38. The van der Waals surface area contributed by atoms with Gasteiger partial charge in [-0.3, -0.25) is 0 Å². The predicted molar refractivity (Wildman–Crippen MR) is 48.9 cm³/mol. The molecule has 68 valence electrons. The van der Waals surface area contributed by atoms with Crippen molar-refractivity contribution in [2.75, 3.05) is 0 Å². The van der Waals surface area contributed by atoms with Gasteiger partial charge in [-0.05, 0) is 19.8 Å². The minimum atomic E-state index is -3.34. The SMILES string of the molecule is CC(C)C(C)(C)S(=O)(=O)O[SiH3]. The maximum Gasteiger partial charge on any atom is 0.262 e. The van der Waals surface area contributed by atoms with Gasteiger partial charge in [0.05, 0.1) is 4.75 Å². The van der Waals surface area contributed by atoms with Gasteiger partial charge in [0.15, 0.2) is 10.5 Å². The van der Waals surface area contributed by atoms with E-state index in [9.17, 15) is 8.42 Å². The highest BCUT2D eigenvalue weighted by atomic mass is 32.2. The molecule has 0 fully saturated rings. The van der Waals surface area contributed by atoms with E-state index in [1.807, 2.05) is 13.8 Å². The van der Waals surface area contributed by atoms with Gasteiger partial charge < -0.3 is 3.87 Å². The largest absolute Gasteiger partial charge is 0.327 e. The highest BCUT2D eigenvalue weighted by Crippen LogP contribution is 2.26. The third-order valence-electron chi connectivity index (χ3n) is 2.25. The van der Waals surface area contributed by atoms with E-state index >= 15 is 0 Å². The molecule has 0 aliphatic heterocycles. The van der Waals surface area contributed by atoms with Crippen molar-refractivity contribution in [3.05, 3.63) is 0 Å². The van der Waals surface area contributed by atoms with Crippen LogP contribution < -0.4 is 0 Å². The molecule has 0 saturated heterocycles. The first-order chi connectivity index (χ1) is 4.75. The van der Waals surface area contributed by atoms with Gasteiger partial charge in [0.1, 0.15) is 0 Å². The average Bonchev–Trinajstić information content (AvgIpc) is 1.87. The first-order valence-corrected chi connectivity index (χ1v) is 5.78. The van der Waals surface area contributed by atoms with Crippen molar-refractivity contribution in [1.29, 1.82) is 0 Å². The molecule has 0 aromatic carbocycles. The molecule has 0 N–H and O–H groups in total. The number of rotatable bonds is 3. The fraction of sp³-hybridized carbons (Fsp3) is 1.00. The van der Waals surface area contributed by atoms with Crippen LogP contribution in [-0.4, -0.2) is 23.7 Å². The van der Waals surface area contributed by atoms with Crippen LogP contribution in [0.5, 0.6) is 0 Å². The van der Waals surface area contributed by atoms with Crippen molar-refractivity contribution < 1.29 is 12.3 Å². The molecule has 0 rings (SSSR count). The van der Waals surface area contributed by atoms with Crippen LogP contribution in [-0.2, 0) is 14.0 Å². The van der Waals surface area contributed by atoms with Crippen LogP contribution in [0, 0.1) is 5.92 Å². The molecule has 0 spiro atoms. The van der Waals surface area contributed by atoms with Crippen molar-refractivity contribution in [2.24, 2.45) is 5.92 Å². The van der Waals surface area contributed by atoms with Crippen LogP contribution in [0.1, 0.15) is 27.7 Å². The van der Waals surface area contributed by atoms with Crippen molar-refractivity contribution in [3.8, 4) is 0 Å². The van der Waals surface area contributed by atoms with E-state index in [0.717, 1.165) is 0 Å². The van der Waals surface area contributed by atoms with Crippen molar-refractivity contribution in [3.63, 3.8) is 0 Å². The van der Waals surface area contributed by atoms with E-state index < -0.39 is 14.9 Å². The standard InChI is InChI=1S/C6H16O3SSi/c1-5(2)6(3,4)10(7,8)9-11/h5H,1-4,11H3. The molecule has 11 heavy (non-hydrogen) atoms. The fourth-order valence-corrected chi connectivity index (χ4v) is 2.80. The molecular formula is C6H16O3SSi. The minimum absolute atomic E-state index is 0.0708. The van der Waals surface area contributed by atoms with Gasteiger partial charge in [-0.15, -0.1) is 0 Å². The van der Waals surface area contributed by atoms with Gasteiger partial charge in [0, 0.05) is 0 Å². The highest BCUT2D eigenvalue weighted by molar-refractivity contribution is 7.88. The molecule has 0 saturated carbocycles. The third kappa shape index (κ3) is 2.04. The Morgan fingerprint density at radius 2 is 1.73 bits per heavy atom. The lowest BCUT2D eigenvalue weighted by Crippen LogP contribution is -2.38. The Kier molecular flexibility index (Phi) is 3.28. The van der Waals surface area contributed by atoms with Crippen LogP contribution in [0.25, 0.3) is 0 Å². The highest BCUT2D eigenvalue weighted by Gasteiger charge is 2.37. The Morgan fingerprint density at radius 1 is 1.36 bits per heavy atom. The summed E-state index contributed by atoms with van der Waals surface area (Å²) in [6.07, 6.45) is 0. The zero-order chi connectivity index (χ0) is 9.28. The molecule has 0 heterocycles. The summed E-state index contributed by atoms with van der Waals surface area (Å²) in [4.78, 5) is 0. The van der Waals surface area contributed by atoms with E-state index in [1.54, 1.807) is 13.8 Å². The van der Waals surface area contributed by atoms with Gasteiger partial charge in [0.2, 0.25) is 0 Å². The van der Waals surface area contributed by atoms with Crippen LogP contribution in [0.4, 0.5) is 0 Å². The molecule has 0 unspecified atom stereocenters. The molecule has 0 bridgehead atoms. The van der Waals surface area contributed by atoms with Crippen LogP contribution in [0.2, 0.25) is 0 Å². The van der Waals surface area contributed by atoms with Crippen LogP contribution in [0.15, 0.2) is 0 Å². The molecule has 0 radical (unpaired) electrons. The zero-order valence-electron chi connectivity index (χ0n) is 7.71. The summed E-state index contributed by atoms with van der Waals surface area (Å²) in [7, 11) is -3.10. The Balaban J connectivity index is 4.85. The summed E-state index contributed by atoms with van der Waals surface area (Å²) in [5.74, 6) is 0.0708. The Bertz CT molecular complexity index is 218. The summed E-state index contributed by atoms with van der Waals surface area (Å²) in [6.45, 7) is 7.12. The average molecular weight is 196 g/mol. The normalized spacial score (nSPS) is 14.3. The van der Waals surface area contributed by atoms with Gasteiger partial charge in [0.25, 0.3) is 10.1 Å². The molecule has 0 aromatic heterocycles. The van der Waals surface area contributed by atoms with Gasteiger partial charge in [-0.25, -0.2) is 0 Å². The Labute approximate surface area is 71.8 Å². The molecule has 5 heteroatoms. The lowest BCUT2D eigenvalue weighted by molar-refractivity contribution is 0.406. The van der Waals surface area contributed by atoms with E-state index in [1.165, 1.54) is 0 Å². The van der Waals surface area contributed by atoms with E-state index in [2.05, 4.69) is 3.87 Å². The maximum atomic E-state index is 11.3. The van der Waals surface area contributed by atoms with Gasteiger partial charge in [-0.1, -0.05) is 13.8 Å². The summed E-state index contributed by atoms with van der Waals surface area (Å²) >= 11 is 0. The Morgan fingerprint density at radius 3 is 1.82 bits per heavy atom. The van der Waals surface area contributed by atoms with E-state index in [4.69, 9.17) is 0 Å². The fourth-order valence-electron chi connectivity index (χ4n) is 0.503. The molecule has 0 aliphatic carbocycles. The second kappa shape index (κ2) is 3.24. The molecule has 0 aromatic rings. The maximum absolute atomic E-state index is 11.3. The van der Waals surface area contributed by atoms with E-state index in [0.29, 0.717) is 0 Å². The zero-order valence-corrected chi connectivity index (χ0v) is 10.5. The molecule has 0 amide bonds. The smallest absolute Gasteiger partial charge is 0.262 e. The lowest BCUT2D eigenvalue weighted by Gasteiger charge is -2.27.